The quantitative estimate of drug-likeness (QED) is 0.689. The molecule has 1 aromatic rings. The first-order valence-corrected chi connectivity index (χ1v) is 3.94. The second kappa shape index (κ2) is 4.14. The van der Waals surface area contributed by atoms with Crippen molar-refractivity contribution >= 4 is 23.4 Å². The molecule has 0 saturated carbocycles. The van der Waals surface area contributed by atoms with Gasteiger partial charge in [0.25, 0.3) is 0 Å². The molecule has 1 aromatic carbocycles. The lowest BCUT2D eigenvalue weighted by molar-refractivity contribution is 0.343. The van der Waals surface area contributed by atoms with Gasteiger partial charge in [0.15, 0.2) is 0 Å². The summed E-state index contributed by atoms with van der Waals surface area (Å²) in [7, 11) is 0. The van der Waals surface area contributed by atoms with Crippen LogP contribution in [0.15, 0.2) is 24.3 Å². The number of halogens is 1. The van der Waals surface area contributed by atoms with E-state index in [0.717, 1.165) is 5.56 Å². The summed E-state index contributed by atoms with van der Waals surface area (Å²) in [5, 5.41) is 9.16. The van der Waals surface area contributed by atoms with E-state index in [0.29, 0.717) is 10.7 Å². The zero-order chi connectivity index (χ0) is 8.97. The number of nitrogens with two attached hydrogens (primary N) is 1. The summed E-state index contributed by atoms with van der Waals surface area (Å²) in [6, 6.07) is 5.22. The van der Waals surface area contributed by atoms with Gasteiger partial charge >= 0.3 is 0 Å². The monoisotopic (exact) mass is 183 g/mol. The molecule has 0 spiro atoms. The maximum atomic E-state index is 8.53. The van der Waals surface area contributed by atoms with Crippen LogP contribution in [0.2, 0.25) is 5.02 Å². The molecule has 0 saturated heterocycles. The summed E-state index contributed by atoms with van der Waals surface area (Å²) in [5.41, 5.74) is 7.03. The van der Waals surface area contributed by atoms with Crippen LogP contribution in [0.5, 0.6) is 0 Å². The Hall–Kier alpha value is -0.990. The molecule has 0 fully saturated rings. The first-order chi connectivity index (χ1) is 5.74. The number of nitrogen functional groups attached to an aromatic ring is 1. The molecule has 0 aromatic heterocycles. The molecule has 2 nitrogen and oxygen atoms in total. The fourth-order valence-electron chi connectivity index (χ4n) is 0.870. The van der Waals surface area contributed by atoms with Gasteiger partial charge in [-0.2, -0.15) is 0 Å². The second-order valence-corrected chi connectivity index (χ2v) is 2.77. The van der Waals surface area contributed by atoms with E-state index in [9.17, 15) is 0 Å². The van der Waals surface area contributed by atoms with Crippen molar-refractivity contribution in [2.75, 3.05) is 12.3 Å². The van der Waals surface area contributed by atoms with Crippen molar-refractivity contribution in [3.63, 3.8) is 0 Å². The van der Waals surface area contributed by atoms with E-state index >= 15 is 0 Å². The summed E-state index contributed by atoms with van der Waals surface area (Å²) in [6.45, 7) is 0.00509. The molecule has 3 N–H and O–H groups in total. The summed E-state index contributed by atoms with van der Waals surface area (Å²) in [5.74, 6) is 0. The van der Waals surface area contributed by atoms with Crippen molar-refractivity contribution in [2.45, 2.75) is 0 Å². The minimum absolute atomic E-state index is 0.00509. The highest BCUT2D eigenvalue weighted by Gasteiger charge is 1.95. The zero-order valence-corrected chi connectivity index (χ0v) is 7.25. The number of hydrogen-bond donors (Lipinski definition) is 2. The van der Waals surface area contributed by atoms with Gasteiger partial charge in [-0.05, 0) is 23.8 Å². The minimum Gasteiger partial charge on any atom is -0.399 e. The van der Waals surface area contributed by atoms with Gasteiger partial charge in [-0.25, -0.2) is 0 Å². The van der Waals surface area contributed by atoms with Crippen molar-refractivity contribution < 1.29 is 5.11 Å². The maximum Gasteiger partial charge on any atom is 0.0615 e. The van der Waals surface area contributed by atoms with Gasteiger partial charge < -0.3 is 10.8 Å². The van der Waals surface area contributed by atoms with Crippen LogP contribution in [-0.4, -0.2) is 11.7 Å². The third-order valence-electron chi connectivity index (χ3n) is 1.42. The van der Waals surface area contributed by atoms with Crippen LogP contribution in [-0.2, 0) is 0 Å². The lowest BCUT2D eigenvalue weighted by Crippen LogP contribution is -1.85. The molecule has 64 valence electrons. The Labute approximate surface area is 76.3 Å². The van der Waals surface area contributed by atoms with Gasteiger partial charge in [0, 0.05) is 10.7 Å². The topological polar surface area (TPSA) is 46.2 Å². The first kappa shape index (κ1) is 9.10. The molecule has 0 aliphatic rings. The van der Waals surface area contributed by atoms with E-state index in [-0.39, 0.29) is 6.61 Å². The number of aliphatic hydroxyl groups excluding tert-OH is 1. The van der Waals surface area contributed by atoms with Crippen molar-refractivity contribution in [1.29, 1.82) is 0 Å². The lowest BCUT2D eigenvalue weighted by Gasteiger charge is -1.98. The Balaban J connectivity index is 2.97. The fourth-order valence-corrected chi connectivity index (χ4v) is 1.05. The molecule has 12 heavy (non-hydrogen) atoms. The highest BCUT2D eigenvalue weighted by Crippen LogP contribution is 2.19. The van der Waals surface area contributed by atoms with Crippen molar-refractivity contribution in [1.82, 2.24) is 0 Å². The fraction of sp³-hybridized carbons (Fsp3) is 0.111. The van der Waals surface area contributed by atoms with Crippen LogP contribution in [0.1, 0.15) is 5.56 Å². The van der Waals surface area contributed by atoms with Gasteiger partial charge in [-0.3, -0.25) is 0 Å². The molecule has 0 heterocycles. The van der Waals surface area contributed by atoms with E-state index in [1.165, 1.54) is 0 Å². The van der Waals surface area contributed by atoms with Crippen molar-refractivity contribution in [2.24, 2.45) is 0 Å². The van der Waals surface area contributed by atoms with E-state index < -0.39 is 0 Å². The highest BCUT2D eigenvalue weighted by atomic mass is 35.5. The molecule has 0 unspecified atom stereocenters. The summed E-state index contributed by atoms with van der Waals surface area (Å²) in [6.07, 6.45) is 3.35. The van der Waals surface area contributed by atoms with E-state index in [1.54, 1.807) is 30.4 Å². The van der Waals surface area contributed by atoms with E-state index in [1.807, 2.05) is 0 Å². The van der Waals surface area contributed by atoms with E-state index in [4.69, 9.17) is 22.4 Å². The van der Waals surface area contributed by atoms with Gasteiger partial charge in [0.05, 0.1) is 6.61 Å². The molecule has 0 bridgehead atoms. The largest absolute Gasteiger partial charge is 0.399 e. The Morgan fingerprint density at radius 1 is 1.50 bits per heavy atom. The van der Waals surface area contributed by atoms with Crippen molar-refractivity contribution in [3.05, 3.63) is 34.9 Å². The number of hydrogen-bond acceptors (Lipinski definition) is 2. The summed E-state index contributed by atoms with van der Waals surface area (Å²) >= 11 is 5.84. The van der Waals surface area contributed by atoms with Gasteiger partial charge in [0.2, 0.25) is 0 Å². The molecule has 0 aliphatic carbocycles. The van der Waals surface area contributed by atoms with Gasteiger partial charge in [-0.1, -0.05) is 23.8 Å². The zero-order valence-electron chi connectivity index (χ0n) is 6.50. The number of benzene rings is 1. The second-order valence-electron chi connectivity index (χ2n) is 2.37. The average molecular weight is 184 g/mol. The SMILES string of the molecule is Nc1ccc(Cl)c(C=CCO)c1. The Kier molecular flexibility index (Phi) is 3.14. The van der Waals surface area contributed by atoms with Crippen molar-refractivity contribution in [3.8, 4) is 0 Å². The number of rotatable bonds is 2. The van der Waals surface area contributed by atoms with Crippen LogP contribution < -0.4 is 5.73 Å². The van der Waals surface area contributed by atoms with Crippen LogP contribution in [0.3, 0.4) is 0 Å². The lowest BCUT2D eigenvalue weighted by atomic mass is 10.2. The van der Waals surface area contributed by atoms with Crippen LogP contribution >= 0.6 is 11.6 Å². The van der Waals surface area contributed by atoms with Crippen LogP contribution in [0.25, 0.3) is 6.08 Å². The molecule has 0 atom stereocenters. The summed E-state index contributed by atoms with van der Waals surface area (Å²) in [4.78, 5) is 0. The number of aliphatic hydroxyl groups is 1. The molecule has 3 heteroatoms. The third kappa shape index (κ3) is 2.26. The molecular formula is C9H10ClNO. The molecular weight excluding hydrogens is 174 g/mol. The Bertz CT molecular complexity index is 297. The Morgan fingerprint density at radius 3 is 2.92 bits per heavy atom. The first-order valence-electron chi connectivity index (χ1n) is 3.56. The summed E-state index contributed by atoms with van der Waals surface area (Å²) < 4.78 is 0. The Morgan fingerprint density at radius 2 is 2.25 bits per heavy atom. The average Bonchev–Trinajstić information content (AvgIpc) is 2.07. The molecule has 0 radical (unpaired) electrons. The smallest absolute Gasteiger partial charge is 0.0615 e. The number of anilines is 1. The van der Waals surface area contributed by atoms with E-state index in [2.05, 4.69) is 0 Å². The van der Waals surface area contributed by atoms with Crippen LogP contribution in [0, 0.1) is 0 Å². The molecule has 1 rings (SSSR count). The predicted octanol–water partition coefficient (Wildman–Crippen LogP) is 1.93. The molecule has 0 aliphatic heterocycles. The molecule has 0 amide bonds. The standard InChI is InChI=1S/C9H10ClNO/c10-9-4-3-8(11)6-7(9)2-1-5-12/h1-4,6,12H,5,11H2. The minimum atomic E-state index is 0.00509. The maximum absolute atomic E-state index is 8.53. The highest BCUT2D eigenvalue weighted by molar-refractivity contribution is 6.32. The van der Waals surface area contributed by atoms with Crippen LogP contribution in [0.4, 0.5) is 5.69 Å². The third-order valence-corrected chi connectivity index (χ3v) is 1.77. The predicted molar refractivity (Wildman–Crippen MR) is 52.0 cm³/mol. The van der Waals surface area contributed by atoms with Gasteiger partial charge in [-0.15, -0.1) is 0 Å². The normalized spacial score (nSPS) is 10.8. The van der Waals surface area contributed by atoms with Gasteiger partial charge in [0.1, 0.15) is 0 Å².